The Morgan fingerprint density at radius 1 is 1.29 bits per heavy atom. The van der Waals surface area contributed by atoms with Crippen LogP contribution in [0.5, 0.6) is 0 Å². The van der Waals surface area contributed by atoms with Gasteiger partial charge in [-0.3, -0.25) is 9.79 Å². The first kappa shape index (κ1) is 21.1. The van der Waals surface area contributed by atoms with Crippen LogP contribution in [0.3, 0.4) is 0 Å². The molecule has 1 aromatic rings. The number of aliphatic imine (C=N–C) groups is 1. The fourth-order valence-electron chi connectivity index (χ4n) is 2.79. The van der Waals surface area contributed by atoms with E-state index in [1.54, 1.807) is 18.4 Å². The van der Waals surface area contributed by atoms with Crippen molar-refractivity contribution in [3.8, 4) is 0 Å². The van der Waals surface area contributed by atoms with Crippen LogP contribution in [0.1, 0.15) is 42.0 Å². The third kappa shape index (κ3) is 7.78. The minimum atomic E-state index is 0. The quantitative estimate of drug-likeness (QED) is 0.250. The fourth-order valence-corrected chi connectivity index (χ4v) is 3.52. The number of amides is 1. The van der Waals surface area contributed by atoms with Gasteiger partial charge in [-0.2, -0.15) is 0 Å². The summed E-state index contributed by atoms with van der Waals surface area (Å²) in [5.41, 5.74) is 0. The summed E-state index contributed by atoms with van der Waals surface area (Å²) in [7, 11) is 1.74. The van der Waals surface area contributed by atoms with E-state index in [-0.39, 0.29) is 29.9 Å². The molecule has 8 heteroatoms. The lowest BCUT2D eigenvalue weighted by molar-refractivity contribution is -0.121. The standard InChI is InChI=1S/C16H27N5OS.HI/c1-12-10-20-15(23-12)11-21-16(17-2)19-8-7-18-14(22)9-13-5-3-4-6-13;/h10,13H,3-9,11H2,1-2H3,(H,18,22)(H2,17,19,21);1H. The molecule has 136 valence electrons. The van der Waals surface area contributed by atoms with E-state index in [0.717, 1.165) is 11.0 Å². The summed E-state index contributed by atoms with van der Waals surface area (Å²) in [5, 5.41) is 10.4. The first-order valence-electron chi connectivity index (χ1n) is 8.30. The molecule has 0 unspecified atom stereocenters. The molecule has 1 saturated carbocycles. The number of rotatable bonds is 7. The van der Waals surface area contributed by atoms with Gasteiger partial charge in [0, 0.05) is 37.6 Å². The van der Waals surface area contributed by atoms with E-state index in [2.05, 4.69) is 25.9 Å². The van der Waals surface area contributed by atoms with E-state index in [4.69, 9.17) is 0 Å². The molecule has 3 N–H and O–H groups in total. The van der Waals surface area contributed by atoms with Gasteiger partial charge in [-0.05, 0) is 25.7 Å². The summed E-state index contributed by atoms with van der Waals surface area (Å²) in [5.74, 6) is 1.49. The van der Waals surface area contributed by atoms with Gasteiger partial charge in [-0.1, -0.05) is 12.8 Å². The number of nitrogens with zero attached hydrogens (tertiary/aromatic N) is 2. The van der Waals surface area contributed by atoms with E-state index in [1.165, 1.54) is 30.6 Å². The highest BCUT2D eigenvalue weighted by molar-refractivity contribution is 14.0. The molecule has 0 atom stereocenters. The molecule has 1 aromatic heterocycles. The summed E-state index contributed by atoms with van der Waals surface area (Å²) < 4.78 is 0. The van der Waals surface area contributed by atoms with E-state index in [9.17, 15) is 4.79 Å². The van der Waals surface area contributed by atoms with Crippen LogP contribution in [-0.2, 0) is 11.3 Å². The normalized spacial score (nSPS) is 15.0. The highest BCUT2D eigenvalue weighted by Gasteiger charge is 2.17. The number of hydrogen-bond acceptors (Lipinski definition) is 4. The van der Waals surface area contributed by atoms with Crippen LogP contribution in [0, 0.1) is 12.8 Å². The van der Waals surface area contributed by atoms with Crippen LogP contribution in [0.4, 0.5) is 0 Å². The number of aromatic nitrogens is 1. The van der Waals surface area contributed by atoms with Gasteiger partial charge in [0.05, 0.1) is 6.54 Å². The molecule has 0 radical (unpaired) electrons. The van der Waals surface area contributed by atoms with Crippen molar-refractivity contribution in [2.75, 3.05) is 20.1 Å². The van der Waals surface area contributed by atoms with E-state index in [0.29, 0.717) is 32.0 Å². The van der Waals surface area contributed by atoms with Crippen molar-refractivity contribution >= 4 is 47.2 Å². The van der Waals surface area contributed by atoms with Gasteiger partial charge in [0.25, 0.3) is 0 Å². The summed E-state index contributed by atoms with van der Waals surface area (Å²) >= 11 is 1.67. The maximum absolute atomic E-state index is 11.8. The minimum absolute atomic E-state index is 0. The van der Waals surface area contributed by atoms with Crippen LogP contribution in [0.25, 0.3) is 0 Å². The number of guanidine groups is 1. The van der Waals surface area contributed by atoms with Crippen molar-refractivity contribution in [3.63, 3.8) is 0 Å². The molecule has 0 aliphatic heterocycles. The van der Waals surface area contributed by atoms with Crippen LogP contribution in [0.15, 0.2) is 11.2 Å². The Balaban J connectivity index is 0.00000288. The van der Waals surface area contributed by atoms with Crippen molar-refractivity contribution in [3.05, 3.63) is 16.1 Å². The second-order valence-corrected chi connectivity index (χ2v) is 7.24. The predicted octanol–water partition coefficient (Wildman–Crippen LogP) is 2.43. The minimum Gasteiger partial charge on any atom is -0.355 e. The number of nitrogens with one attached hydrogen (secondary N) is 3. The third-order valence-electron chi connectivity index (χ3n) is 3.99. The van der Waals surface area contributed by atoms with E-state index >= 15 is 0 Å². The summed E-state index contributed by atoms with van der Waals surface area (Å²) in [4.78, 5) is 21.5. The van der Waals surface area contributed by atoms with Crippen molar-refractivity contribution in [2.45, 2.75) is 45.6 Å². The Labute approximate surface area is 165 Å². The molecule has 1 heterocycles. The molecule has 1 aliphatic carbocycles. The topological polar surface area (TPSA) is 78.4 Å². The smallest absolute Gasteiger partial charge is 0.220 e. The van der Waals surface area contributed by atoms with Crippen molar-refractivity contribution < 1.29 is 4.79 Å². The first-order chi connectivity index (χ1) is 11.2. The Bertz CT molecular complexity index is 528. The van der Waals surface area contributed by atoms with Crippen molar-refractivity contribution in [1.82, 2.24) is 20.9 Å². The van der Waals surface area contributed by atoms with Crippen LogP contribution >= 0.6 is 35.3 Å². The maximum atomic E-state index is 11.8. The number of aryl methyl sites for hydroxylation is 1. The summed E-state index contributed by atoms with van der Waals surface area (Å²) in [6, 6.07) is 0. The molecule has 6 nitrogen and oxygen atoms in total. The Kier molecular flexibility index (Phi) is 10.2. The lowest BCUT2D eigenvalue weighted by atomic mass is 10.0. The number of hydrogen-bond donors (Lipinski definition) is 3. The molecule has 0 saturated heterocycles. The Hall–Kier alpha value is -0.900. The highest BCUT2D eigenvalue weighted by atomic mass is 127. The molecular weight excluding hydrogens is 437 g/mol. The zero-order valence-electron chi connectivity index (χ0n) is 14.4. The number of halogens is 1. The van der Waals surface area contributed by atoms with E-state index in [1.807, 2.05) is 13.1 Å². The molecule has 24 heavy (non-hydrogen) atoms. The van der Waals surface area contributed by atoms with Crippen LogP contribution in [0.2, 0.25) is 0 Å². The van der Waals surface area contributed by atoms with Crippen LogP contribution in [-0.4, -0.2) is 37.0 Å². The van der Waals surface area contributed by atoms with Gasteiger partial charge in [0.15, 0.2) is 5.96 Å². The summed E-state index contributed by atoms with van der Waals surface area (Å²) in [6.45, 7) is 3.98. The molecule has 0 spiro atoms. The monoisotopic (exact) mass is 465 g/mol. The SMILES string of the molecule is CN=C(NCCNC(=O)CC1CCCC1)NCc1ncc(C)s1.I. The van der Waals surface area contributed by atoms with Gasteiger partial charge in [0.1, 0.15) is 5.01 Å². The number of thiazole rings is 1. The Morgan fingerprint density at radius 3 is 2.62 bits per heavy atom. The lowest BCUT2D eigenvalue weighted by Gasteiger charge is -2.12. The Morgan fingerprint density at radius 2 is 2.00 bits per heavy atom. The molecule has 1 amide bonds. The predicted molar refractivity (Wildman–Crippen MR) is 110 cm³/mol. The molecule has 0 aromatic carbocycles. The average Bonchev–Trinajstić information content (AvgIpc) is 3.18. The van der Waals surface area contributed by atoms with Gasteiger partial charge in [-0.25, -0.2) is 4.98 Å². The highest BCUT2D eigenvalue weighted by Crippen LogP contribution is 2.27. The second-order valence-electron chi connectivity index (χ2n) is 5.92. The first-order valence-corrected chi connectivity index (χ1v) is 9.11. The third-order valence-corrected chi connectivity index (χ3v) is 4.90. The molecule has 0 bridgehead atoms. The molecular formula is C16H28IN5OS. The molecule has 2 rings (SSSR count). The largest absolute Gasteiger partial charge is 0.355 e. The lowest BCUT2D eigenvalue weighted by Crippen LogP contribution is -2.41. The zero-order chi connectivity index (χ0) is 16.5. The summed E-state index contributed by atoms with van der Waals surface area (Å²) in [6.07, 6.45) is 7.52. The van der Waals surface area contributed by atoms with Crippen LogP contribution < -0.4 is 16.0 Å². The maximum Gasteiger partial charge on any atom is 0.220 e. The zero-order valence-corrected chi connectivity index (χ0v) is 17.6. The van der Waals surface area contributed by atoms with Gasteiger partial charge >= 0.3 is 0 Å². The number of carbonyl (C=O) groups is 1. The number of carbonyl (C=O) groups excluding carboxylic acids is 1. The van der Waals surface area contributed by atoms with E-state index < -0.39 is 0 Å². The van der Waals surface area contributed by atoms with Gasteiger partial charge < -0.3 is 16.0 Å². The van der Waals surface area contributed by atoms with Gasteiger partial charge in [-0.15, -0.1) is 35.3 Å². The second kappa shape index (κ2) is 11.6. The van der Waals surface area contributed by atoms with Crippen molar-refractivity contribution in [2.24, 2.45) is 10.9 Å². The molecule has 1 aliphatic rings. The van der Waals surface area contributed by atoms with Crippen molar-refractivity contribution in [1.29, 1.82) is 0 Å². The molecule has 1 fully saturated rings. The average molecular weight is 465 g/mol. The van der Waals surface area contributed by atoms with Gasteiger partial charge in [0.2, 0.25) is 5.91 Å². The fraction of sp³-hybridized carbons (Fsp3) is 0.688.